The van der Waals surface area contributed by atoms with Gasteiger partial charge in [-0.3, -0.25) is 11.3 Å². The molecule has 1 atom stereocenters. The number of hydrogen-bond donors (Lipinski definition) is 2. The highest BCUT2D eigenvalue weighted by atomic mass is 35.5. The van der Waals surface area contributed by atoms with Crippen LogP contribution in [0.25, 0.3) is 0 Å². The maximum atomic E-state index is 13.0. The summed E-state index contributed by atoms with van der Waals surface area (Å²) in [5, 5.41) is 0.435. The second-order valence-electron chi connectivity index (χ2n) is 4.55. The molecule has 0 amide bonds. The third kappa shape index (κ3) is 3.34. The van der Waals surface area contributed by atoms with Gasteiger partial charge in [0, 0.05) is 14.8 Å². The predicted molar refractivity (Wildman–Crippen MR) is 79.0 cm³/mol. The van der Waals surface area contributed by atoms with Crippen molar-refractivity contribution in [1.29, 1.82) is 0 Å². The zero-order valence-corrected chi connectivity index (χ0v) is 12.4. The van der Waals surface area contributed by atoms with Crippen LogP contribution in [0.5, 0.6) is 0 Å². The lowest BCUT2D eigenvalue weighted by Crippen LogP contribution is -2.29. The lowest BCUT2D eigenvalue weighted by atomic mass is 10.0. The summed E-state index contributed by atoms with van der Waals surface area (Å²) < 4.78 is 13.0. The Hall–Kier alpha value is -0.940. The van der Waals surface area contributed by atoms with Gasteiger partial charge >= 0.3 is 0 Å². The number of rotatable bonds is 4. The molecular formula is C14H16ClFN2S. The number of aryl methyl sites for hydroxylation is 2. The second-order valence-corrected chi connectivity index (χ2v) is 6.24. The minimum atomic E-state index is -0.325. The smallest absolute Gasteiger partial charge is 0.124 e. The molecule has 0 bridgehead atoms. The number of thiophene rings is 1. The zero-order chi connectivity index (χ0) is 14.0. The van der Waals surface area contributed by atoms with Gasteiger partial charge in [-0.15, -0.1) is 11.3 Å². The van der Waals surface area contributed by atoms with Crippen molar-refractivity contribution >= 4 is 22.9 Å². The topological polar surface area (TPSA) is 38.0 Å². The van der Waals surface area contributed by atoms with Crippen LogP contribution in [0.2, 0.25) is 5.02 Å². The van der Waals surface area contributed by atoms with E-state index in [0.29, 0.717) is 11.4 Å². The van der Waals surface area contributed by atoms with Gasteiger partial charge < -0.3 is 0 Å². The summed E-state index contributed by atoms with van der Waals surface area (Å²) in [6, 6.07) is 6.56. The van der Waals surface area contributed by atoms with E-state index in [1.54, 1.807) is 17.4 Å². The zero-order valence-electron chi connectivity index (χ0n) is 10.8. The Morgan fingerprint density at radius 3 is 2.63 bits per heavy atom. The summed E-state index contributed by atoms with van der Waals surface area (Å²) in [7, 11) is 0. The Morgan fingerprint density at radius 2 is 2.11 bits per heavy atom. The highest BCUT2D eigenvalue weighted by Crippen LogP contribution is 2.30. The average molecular weight is 299 g/mol. The molecule has 2 rings (SSSR count). The third-order valence-corrected chi connectivity index (χ3v) is 4.79. The minimum Gasteiger partial charge on any atom is -0.271 e. The average Bonchev–Trinajstić information content (AvgIpc) is 2.68. The van der Waals surface area contributed by atoms with E-state index < -0.39 is 0 Å². The maximum Gasteiger partial charge on any atom is 0.124 e. The molecule has 0 spiro atoms. The van der Waals surface area contributed by atoms with Crippen LogP contribution in [0.15, 0.2) is 24.3 Å². The van der Waals surface area contributed by atoms with Crippen molar-refractivity contribution in [3.05, 3.63) is 56.0 Å². The van der Waals surface area contributed by atoms with Gasteiger partial charge in [0.2, 0.25) is 0 Å². The molecule has 1 aromatic carbocycles. The Balaban J connectivity index is 2.23. The van der Waals surface area contributed by atoms with Crippen LogP contribution >= 0.6 is 22.9 Å². The number of nitrogens with one attached hydrogen (secondary N) is 1. The van der Waals surface area contributed by atoms with Crippen molar-refractivity contribution < 1.29 is 4.39 Å². The van der Waals surface area contributed by atoms with E-state index >= 15 is 0 Å². The lowest BCUT2D eigenvalue weighted by molar-refractivity contribution is 0.559. The number of benzene rings is 1. The molecule has 1 aromatic heterocycles. The van der Waals surface area contributed by atoms with Crippen LogP contribution in [0, 0.1) is 19.7 Å². The quantitative estimate of drug-likeness (QED) is 0.663. The Morgan fingerprint density at radius 1 is 1.37 bits per heavy atom. The van der Waals surface area contributed by atoms with E-state index in [4.69, 9.17) is 17.4 Å². The molecule has 1 unspecified atom stereocenters. The molecule has 0 radical (unpaired) electrons. The largest absolute Gasteiger partial charge is 0.271 e. The summed E-state index contributed by atoms with van der Waals surface area (Å²) in [5.41, 5.74) is 4.95. The number of hydrogen-bond acceptors (Lipinski definition) is 3. The fourth-order valence-electron chi connectivity index (χ4n) is 1.92. The van der Waals surface area contributed by atoms with E-state index in [0.717, 1.165) is 10.4 Å². The van der Waals surface area contributed by atoms with Crippen LogP contribution in [0.4, 0.5) is 4.39 Å². The molecule has 0 saturated carbocycles. The molecular weight excluding hydrogens is 283 g/mol. The van der Waals surface area contributed by atoms with Crippen molar-refractivity contribution in [3.8, 4) is 0 Å². The van der Waals surface area contributed by atoms with Gasteiger partial charge in [0.05, 0.1) is 6.04 Å². The monoisotopic (exact) mass is 298 g/mol. The predicted octanol–water partition coefficient (Wildman–Crippen LogP) is 3.90. The minimum absolute atomic E-state index is 0.0136. The molecule has 5 heteroatoms. The molecule has 0 aliphatic heterocycles. The molecule has 2 nitrogen and oxygen atoms in total. The van der Waals surface area contributed by atoms with Gasteiger partial charge in [-0.25, -0.2) is 4.39 Å². The lowest BCUT2D eigenvalue weighted by Gasteiger charge is -2.15. The SMILES string of the molecule is Cc1cc(C(Cc2ccc(F)cc2Cl)NN)sc1C. The first kappa shape index (κ1) is 14.5. The maximum absolute atomic E-state index is 13.0. The molecule has 1 heterocycles. The summed E-state index contributed by atoms with van der Waals surface area (Å²) >= 11 is 7.76. The fraction of sp³-hybridized carbons (Fsp3) is 0.286. The summed E-state index contributed by atoms with van der Waals surface area (Å²) in [5.74, 6) is 5.31. The van der Waals surface area contributed by atoms with Crippen LogP contribution in [-0.4, -0.2) is 0 Å². The summed E-state index contributed by atoms with van der Waals surface area (Å²) in [6.07, 6.45) is 0.634. The highest BCUT2D eigenvalue weighted by Gasteiger charge is 2.15. The van der Waals surface area contributed by atoms with Crippen molar-refractivity contribution in [1.82, 2.24) is 5.43 Å². The molecule has 19 heavy (non-hydrogen) atoms. The van der Waals surface area contributed by atoms with Gasteiger partial charge in [-0.05, 0) is 49.6 Å². The highest BCUT2D eigenvalue weighted by molar-refractivity contribution is 7.12. The van der Waals surface area contributed by atoms with E-state index in [-0.39, 0.29) is 11.9 Å². The van der Waals surface area contributed by atoms with E-state index in [1.165, 1.54) is 22.6 Å². The van der Waals surface area contributed by atoms with Gasteiger partial charge in [0.25, 0.3) is 0 Å². The molecule has 0 fully saturated rings. The molecule has 0 aliphatic rings. The van der Waals surface area contributed by atoms with Crippen LogP contribution < -0.4 is 11.3 Å². The van der Waals surface area contributed by atoms with E-state index in [2.05, 4.69) is 25.3 Å². The van der Waals surface area contributed by atoms with Crippen LogP contribution in [0.1, 0.15) is 26.9 Å². The van der Waals surface area contributed by atoms with Crippen molar-refractivity contribution in [3.63, 3.8) is 0 Å². The number of hydrazine groups is 1. The van der Waals surface area contributed by atoms with Gasteiger partial charge in [0.15, 0.2) is 0 Å². The molecule has 0 saturated heterocycles. The van der Waals surface area contributed by atoms with Gasteiger partial charge in [0.1, 0.15) is 5.82 Å². The fourth-order valence-corrected chi connectivity index (χ4v) is 3.27. The van der Waals surface area contributed by atoms with E-state index in [9.17, 15) is 4.39 Å². The molecule has 2 aromatic rings. The standard InChI is InChI=1S/C14H16ClFN2S/c1-8-5-14(19-9(8)2)13(18-17)6-10-3-4-11(16)7-12(10)15/h3-5,7,13,18H,6,17H2,1-2H3. The van der Waals surface area contributed by atoms with Gasteiger partial charge in [-0.1, -0.05) is 17.7 Å². The van der Waals surface area contributed by atoms with Crippen LogP contribution in [-0.2, 0) is 6.42 Å². The Kier molecular flexibility index (Phi) is 4.58. The van der Waals surface area contributed by atoms with Crippen molar-refractivity contribution in [2.75, 3.05) is 0 Å². The summed E-state index contributed by atoms with van der Waals surface area (Å²) in [6.45, 7) is 4.16. The summed E-state index contributed by atoms with van der Waals surface area (Å²) in [4.78, 5) is 2.44. The van der Waals surface area contributed by atoms with E-state index in [1.807, 2.05) is 0 Å². The van der Waals surface area contributed by atoms with Crippen molar-refractivity contribution in [2.24, 2.45) is 5.84 Å². The Labute approximate surface area is 121 Å². The third-order valence-electron chi connectivity index (χ3n) is 3.17. The first-order valence-corrected chi connectivity index (χ1v) is 7.17. The molecule has 0 aliphatic carbocycles. The Bertz CT molecular complexity index is 563. The second kappa shape index (κ2) is 6.01. The number of nitrogens with two attached hydrogens (primary N) is 1. The molecule has 3 N–H and O–H groups in total. The molecule has 102 valence electrons. The first-order chi connectivity index (χ1) is 9.01. The number of halogens is 2. The van der Waals surface area contributed by atoms with Crippen molar-refractivity contribution in [2.45, 2.75) is 26.3 Å². The first-order valence-electron chi connectivity index (χ1n) is 5.98. The van der Waals surface area contributed by atoms with Crippen LogP contribution in [0.3, 0.4) is 0 Å². The van der Waals surface area contributed by atoms with Gasteiger partial charge in [-0.2, -0.15) is 0 Å². The normalized spacial score (nSPS) is 12.7.